The van der Waals surface area contributed by atoms with Gasteiger partial charge in [-0.1, -0.05) is 13.8 Å². The Morgan fingerprint density at radius 3 is 2.33 bits per heavy atom. The minimum absolute atomic E-state index is 0.342. The highest BCUT2D eigenvalue weighted by Crippen LogP contribution is 2.19. The normalized spacial score (nSPS) is 12.0. The first-order valence-corrected chi connectivity index (χ1v) is 4.00. The first kappa shape index (κ1) is 9.39. The highest BCUT2D eigenvalue weighted by Gasteiger charge is 2.08. The van der Waals surface area contributed by atoms with Gasteiger partial charge in [0.2, 0.25) is 0 Å². The average molecular weight is 148 g/mol. The zero-order valence-electron chi connectivity index (χ0n) is 6.61. The Morgan fingerprint density at radius 2 is 2.00 bits per heavy atom. The number of hydrogen-bond acceptors (Lipinski definition) is 1. The summed E-state index contributed by atoms with van der Waals surface area (Å²) in [6.07, 6.45) is 1.12. The first-order chi connectivity index (χ1) is 4.06. The second-order valence-corrected chi connectivity index (χ2v) is 4.50. The predicted molar refractivity (Wildman–Crippen MR) is 44.9 cm³/mol. The summed E-state index contributed by atoms with van der Waals surface area (Å²) in [6, 6.07) is 0. The van der Waals surface area contributed by atoms with Crippen LogP contribution >= 0.6 is 9.24 Å². The van der Waals surface area contributed by atoms with Crippen LogP contribution in [0, 0.1) is 0 Å². The first-order valence-electron chi connectivity index (χ1n) is 3.43. The molecule has 0 spiro atoms. The van der Waals surface area contributed by atoms with E-state index in [1.54, 1.807) is 0 Å². The Bertz CT molecular complexity index is 65.8. The fourth-order valence-electron chi connectivity index (χ4n) is 0.480. The lowest BCUT2D eigenvalue weighted by molar-refractivity contribution is 0.139. The molecule has 1 nitrogen and oxygen atoms in total. The van der Waals surface area contributed by atoms with E-state index in [0.717, 1.165) is 19.6 Å². The number of rotatable bonds is 4. The standard InChI is InChI=1S/C7H17OP/c1-4-8-6-5-7(2,3)9/h4-6,9H2,1-3H3. The van der Waals surface area contributed by atoms with Crippen LogP contribution in [0.3, 0.4) is 0 Å². The molecule has 0 bridgehead atoms. The predicted octanol–water partition coefficient (Wildman–Crippen LogP) is 2.07. The molecule has 0 aliphatic heterocycles. The fourth-order valence-corrected chi connectivity index (χ4v) is 0.597. The Hall–Kier alpha value is 0.390. The zero-order valence-corrected chi connectivity index (χ0v) is 7.76. The largest absolute Gasteiger partial charge is 0.382 e. The van der Waals surface area contributed by atoms with Gasteiger partial charge in [-0.05, 0) is 18.5 Å². The molecule has 0 aliphatic carbocycles. The van der Waals surface area contributed by atoms with Gasteiger partial charge in [-0.25, -0.2) is 0 Å². The molecule has 1 unspecified atom stereocenters. The maximum atomic E-state index is 5.20. The van der Waals surface area contributed by atoms with Crippen molar-refractivity contribution in [2.75, 3.05) is 13.2 Å². The third-order valence-electron chi connectivity index (χ3n) is 1.09. The molecule has 0 fully saturated rings. The van der Waals surface area contributed by atoms with Crippen LogP contribution in [0.1, 0.15) is 27.2 Å². The SMILES string of the molecule is CCOCCC(C)(C)P. The van der Waals surface area contributed by atoms with Crippen LogP contribution in [0.5, 0.6) is 0 Å². The van der Waals surface area contributed by atoms with Crippen molar-refractivity contribution >= 4 is 9.24 Å². The van der Waals surface area contributed by atoms with Crippen LogP contribution in [0.4, 0.5) is 0 Å². The summed E-state index contributed by atoms with van der Waals surface area (Å²) in [5.41, 5.74) is 0. The molecule has 1 atom stereocenters. The lowest BCUT2D eigenvalue weighted by Gasteiger charge is -2.16. The summed E-state index contributed by atoms with van der Waals surface area (Å²) in [5.74, 6) is 0. The molecule has 0 aliphatic rings. The van der Waals surface area contributed by atoms with Crippen molar-refractivity contribution < 1.29 is 4.74 Å². The van der Waals surface area contributed by atoms with Gasteiger partial charge in [0, 0.05) is 13.2 Å². The van der Waals surface area contributed by atoms with Crippen LogP contribution in [0.25, 0.3) is 0 Å². The Balaban J connectivity index is 3.07. The van der Waals surface area contributed by atoms with Gasteiger partial charge >= 0.3 is 0 Å². The second-order valence-electron chi connectivity index (χ2n) is 2.94. The summed E-state index contributed by atoms with van der Waals surface area (Å²) in [5, 5.41) is 0.342. The second kappa shape index (κ2) is 4.24. The summed E-state index contributed by atoms with van der Waals surface area (Å²) in [4.78, 5) is 0. The van der Waals surface area contributed by atoms with Gasteiger partial charge in [-0.2, -0.15) is 0 Å². The summed E-state index contributed by atoms with van der Waals surface area (Å²) >= 11 is 0. The molecule has 0 amide bonds. The number of hydrogen-bond donors (Lipinski definition) is 0. The molecule has 2 heteroatoms. The van der Waals surface area contributed by atoms with Crippen molar-refractivity contribution in [3.05, 3.63) is 0 Å². The quantitative estimate of drug-likeness (QED) is 0.438. The Labute approximate surface area is 60.4 Å². The highest BCUT2D eigenvalue weighted by atomic mass is 31.0. The zero-order chi connectivity index (χ0) is 7.33. The maximum absolute atomic E-state index is 5.20. The van der Waals surface area contributed by atoms with E-state index in [1.807, 2.05) is 6.92 Å². The van der Waals surface area contributed by atoms with E-state index in [1.165, 1.54) is 0 Å². The molecular formula is C7H17OP. The van der Waals surface area contributed by atoms with Gasteiger partial charge < -0.3 is 4.74 Å². The van der Waals surface area contributed by atoms with E-state index in [9.17, 15) is 0 Å². The van der Waals surface area contributed by atoms with Gasteiger partial charge in [-0.3, -0.25) is 0 Å². The number of ether oxygens (including phenoxy) is 1. The van der Waals surface area contributed by atoms with Crippen LogP contribution in [-0.2, 0) is 4.74 Å². The lowest BCUT2D eigenvalue weighted by Crippen LogP contribution is -2.12. The van der Waals surface area contributed by atoms with E-state index in [-0.39, 0.29) is 0 Å². The Morgan fingerprint density at radius 1 is 1.44 bits per heavy atom. The average Bonchev–Trinajstić information content (AvgIpc) is 1.63. The van der Waals surface area contributed by atoms with E-state index in [2.05, 4.69) is 23.1 Å². The van der Waals surface area contributed by atoms with Crippen molar-refractivity contribution in [3.8, 4) is 0 Å². The molecule has 0 N–H and O–H groups in total. The van der Waals surface area contributed by atoms with Crippen LogP contribution in [0.15, 0.2) is 0 Å². The fraction of sp³-hybridized carbons (Fsp3) is 1.00. The molecule has 0 aromatic carbocycles. The minimum atomic E-state index is 0.342. The smallest absolute Gasteiger partial charge is 0.0474 e. The molecule has 56 valence electrons. The van der Waals surface area contributed by atoms with E-state index >= 15 is 0 Å². The van der Waals surface area contributed by atoms with E-state index < -0.39 is 0 Å². The van der Waals surface area contributed by atoms with Gasteiger partial charge in [0.1, 0.15) is 0 Å². The van der Waals surface area contributed by atoms with Crippen molar-refractivity contribution in [1.82, 2.24) is 0 Å². The van der Waals surface area contributed by atoms with E-state index in [0.29, 0.717) is 5.16 Å². The van der Waals surface area contributed by atoms with Crippen molar-refractivity contribution in [1.29, 1.82) is 0 Å². The van der Waals surface area contributed by atoms with Gasteiger partial charge in [0.05, 0.1) is 0 Å². The van der Waals surface area contributed by atoms with Crippen molar-refractivity contribution in [2.24, 2.45) is 0 Å². The van der Waals surface area contributed by atoms with Crippen molar-refractivity contribution in [2.45, 2.75) is 32.3 Å². The molecule has 9 heavy (non-hydrogen) atoms. The molecule has 0 aromatic rings. The molecule has 0 saturated carbocycles. The highest BCUT2D eigenvalue weighted by molar-refractivity contribution is 7.18. The summed E-state index contributed by atoms with van der Waals surface area (Å²) < 4.78 is 5.20. The summed E-state index contributed by atoms with van der Waals surface area (Å²) in [6.45, 7) is 8.12. The van der Waals surface area contributed by atoms with Crippen LogP contribution in [-0.4, -0.2) is 18.4 Å². The molecule has 0 saturated heterocycles. The minimum Gasteiger partial charge on any atom is -0.382 e. The molecule has 0 radical (unpaired) electrons. The van der Waals surface area contributed by atoms with Crippen molar-refractivity contribution in [3.63, 3.8) is 0 Å². The molecule has 0 rings (SSSR count). The lowest BCUT2D eigenvalue weighted by atomic mass is 10.1. The van der Waals surface area contributed by atoms with Crippen LogP contribution in [0.2, 0.25) is 0 Å². The molecule has 0 heterocycles. The summed E-state index contributed by atoms with van der Waals surface area (Å²) in [7, 11) is 2.81. The third-order valence-corrected chi connectivity index (χ3v) is 1.38. The molecule has 0 aromatic heterocycles. The third kappa shape index (κ3) is 8.39. The Kier molecular flexibility index (Phi) is 4.43. The maximum Gasteiger partial charge on any atom is 0.0474 e. The van der Waals surface area contributed by atoms with Crippen LogP contribution < -0.4 is 0 Å². The van der Waals surface area contributed by atoms with Gasteiger partial charge in [0.25, 0.3) is 0 Å². The van der Waals surface area contributed by atoms with Gasteiger partial charge in [0.15, 0.2) is 0 Å². The van der Waals surface area contributed by atoms with Gasteiger partial charge in [-0.15, -0.1) is 9.24 Å². The molecular weight excluding hydrogens is 131 g/mol. The monoisotopic (exact) mass is 148 g/mol. The topological polar surface area (TPSA) is 9.23 Å². The van der Waals surface area contributed by atoms with E-state index in [4.69, 9.17) is 4.74 Å².